The molecule has 138 valence electrons. The molecule has 0 aliphatic carbocycles. The van der Waals surface area contributed by atoms with Crippen LogP contribution in [0.2, 0.25) is 10.0 Å². The van der Waals surface area contributed by atoms with Crippen molar-refractivity contribution in [1.82, 2.24) is 5.43 Å². The zero-order valence-corrected chi connectivity index (χ0v) is 15.8. The SMILES string of the molecule is C#CCOc1c(Cl)cc(/C=N\NC(=O)C(=O)Nc2ccccc2C)cc1Cl. The summed E-state index contributed by atoms with van der Waals surface area (Å²) in [6.45, 7) is 1.84. The van der Waals surface area contributed by atoms with Gasteiger partial charge in [-0.05, 0) is 36.2 Å². The van der Waals surface area contributed by atoms with Crippen molar-refractivity contribution >= 4 is 46.9 Å². The van der Waals surface area contributed by atoms with E-state index in [-0.39, 0.29) is 22.4 Å². The highest BCUT2D eigenvalue weighted by Gasteiger charge is 2.14. The number of terminal acetylenes is 1. The van der Waals surface area contributed by atoms with Crippen molar-refractivity contribution in [2.24, 2.45) is 5.10 Å². The maximum Gasteiger partial charge on any atom is 0.329 e. The maximum absolute atomic E-state index is 11.9. The minimum absolute atomic E-state index is 0.0267. The van der Waals surface area contributed by atoms with Crippen LogP contribution in [0.3, 0.4) is 0 Å². The molecule has 0 unspecified atom stereocenters. The highest BCUT2D eigenvalue weighted by molar-refractivity contribution is 6.39. The molecule has 0 aliphatic rings. The molecule has 0 bridgehead atoms. The van der Waals surface area contributed by atoms with Crippen LogP contribution in [0.5, 0.6) is 5.75 Å². The number of para-hydroxylation sites is 1. The van der Waals surface area contributed by atoms with Gasteiger partial charge >= 0.3 is 11.8 Å². The lowest BCUT2D eigenvalue weighted by Crippen LogP contribution is -2.32. The second-order valence-corrected chi connectivity index (χ2v) is 6.09. The second kappa shape index (κ2) is 9.62. The summed E-state index contributed by atoms with van der Waals surface area (Å²) in [4.78, 5) is 23.7. The molecule has 0 saturated carbocycles. The molecule has 8 heteroatoms. The van der Waals surface area contributed by atoms with E-state index in [1.54, 1.807) is 12.1 Å². The molecular formula is C19H15Cl2N3O3. The fraction of sp³-hybridized carbons (Fsp3) is 0.105. The topological polar surface area (TPSA) is 79.8 Å². The lowest BCUT2D eigenvalue weighted by atomic mass is 10.2. The summed E-state index contributed by atoms with van der Waals surface area (Å²) < 4.78 is 5.24. The summed E-state index contributed by atoms with van der Waals surface area (Å²) in [6, 6.07) is 10.1. The molecule has 0 saturated heterocycles. The van der Waals surface area contributed by atoms with Gasteiger partial charge in [-0.15, -0.1) is 6.42 Å². The maximum atomic E-state index is 11.9. The number of hydrogen-bond donors (Lipinski definition) is 2. The van der Waals surface area contributed by atoms with Gasteiger partial charge in [0, 0.05) is 5.69 Å². The average Bonchev–Trinajstić information content (AvgIpc) is 2.63. The first-order valence-electron chi connectivity index (χ1n) is 7.67. The van der Waals surface area contributed by atoms with Crippen molar-refractivity contribution in [2.45, 2.75) is 6.92 Å². The van der Waals surface area contributed by atoms with Gasteiger partial charge in [-0.1, -0.05) is 47.3 Å². The van der Waals surface area contributed by atoms with E-state index in [1.165, 1.54) is 18.3 Å². The number of amides is 2. The molecule has 0 spiro atoms. The van der Waals surface area contributed by atoms with Crippen LogP contribution in [0.4, 0.5) is 5.69 Å². The zero-order chi connectivity index (χ0) is 19.8. The molecule has 0 atom stereocenters. The third-order valence-corrected chi connectivity index (χ3v) is 3.86. The van der Waals surface area contributed by atoms with Gasteiger partial charge < -0.3 is 10.1 Å². The van der Waals surface area contributed by atoms with Crippen LogP contribution in [-0.4, -0.2) is 24.6 Å². The Bertz CT molecular complexity index is 913. The average molecular weight is 404 g/mol. The minimum atomic E-state index is -0.916. The second-order valence-electron chi connectivity index (χ2n) is 5.27. The van der Waals surface area contributed by atoms with Crippen molar-refractivity contribution in [2.75, 3.05) is 11.9 Å². The van der Waals surface area contributed by atoms with Gasteiger partial charge in [-0.2, -0.15) is 5.10 Å². The minimum Gasteiger partial charge on any atom is -0.478 e. The number of hydrazone groups is 1. The Balaban J connectivity index is 1.98. The van der Waals surface area contributed by atoms with Crippen molar-refractivity contribution in [3.8, 4) is 18.1 Å². The standard InChI is InChI=1S/C19H15Cl2N3O3/c1-3-8-27-17-14(20)9-13(10-15(17)21)11-22-24-19(26)18(25)23-16-7-5-4-6-12(16)2/h1,4-7,9-11H,8H2,2H3,(H,23,25)(H,24,26)/b22-11-. The van der Waals surface area contributed by atoms with E-state index in [0.29, 0.717) is 11.3 Å². The summed E-state index contributed by atoms with van der Waals surface area (Å²) in [5.74, 6) is 0.818. The summed E-state index contributed by atoms with van der Waals surface area (Å²) >= 11 is 12.2. The number of nitrogens with zero attached hydrogens (tertiary/aromatic N) is 1. The first kappa shape index (κ1) is 20.3. The Labute approximate surface area is 166 Å². The molecule has 2 rings (SSSR count). The third-order valence-electron chi connectivity index (χ3n) is 3.30. The van der Waals surface area contributed by atoms with Crippen LogP contribution in [0.1, 0.15) is 11.1 Å². The van der Waals surface area contributed by atoms with Crippen molar-refractivity contribution in [3.63, 3.8) is 0 Å². The largest absolute Gasteiger partial charge is 0.478 e. The number of carbonyl (C=O) groups is 2. The predicted molar refractivity (Wildman–Crippen MR) is 106 cm³/mol. The van der Waals surface area contributed by atoms with Crippen LogP contribution in [0.25, 0.3) is 0 Å². The van der Waals surface area contributed by atoms with Crippen molar-refractivity contribution in [3.05, 3.63) is 57.6 Å². The Morgan fingerprint density at radius 3 is 2.52 bits per heavy atom. The number of benzene rings is 2. The lowest BCUT2D eigenvalue weighted by molar-refractivity contribution is -0.136. The third kappa shape index (κ3) is 5.74. The molecular weight excluding hydrogens is 389 g/mol. The molecule has 0 fully saturated rings. The van der Waals surface area contributed by atoms with Crippen LogP contribution < -0.4 is 15.5 Å². The van der Waals surface area contributed by atoms with Gasteiger partial charge in [0.15, 0.2) is 5.75 Å². The first-order valence-corrected chi connectivity index (χ1v) is 8.43. The molecule has 2 aromatic rings. The van der Waals surface area contributed by atoms with Gasteiger partial charge in [0.25, 0.3) is 0 Å². The Morgan fingerprint density at radius 1 is 1.22 bits per heavy atom. The van der Waals surface area contributed by atoms with Gasteiger partial charge in [0.1, 0.15) is 6.61 Å². The van der Waals surface area contributed by atoms with Crippen molar-refractivity contribution in [1.29, 1.82) is 0 Å². The molecule has 27 heavy (non-hydrogen) atoms. The molecule has 0 radical (unpaired) electrons. The molecule has 0 aromatic heterocycles. The number of anilines is 1. The van der Waals surface area contributed by atoms with E-state index in [0.717, 1.165) is 5.56 Å². The van der Waals surface area contributed by atoms with Crippen LogP contribution in [0, 0.1) is 19.3 Å². The van der Waals surface area contributed by atoms with Crippen LogP contribution in [0.15, 0.2) is 41.5 Å². The Morgan fingerprint density at radius 2 is 1.89 bits per heavy atom. The number of ether oxygens (including phenoxy) is 1. The van der Waals surface area contributed by atoms with E-state index in [2.05, 4.69) is 21.8 Å². The molecule has 2 N–H and O–H groups in total. The van der Waals surface area contributed by atoms with Crippen LogP contribution >= 0.6 is 23.2 Å². The number of rotatable bonds is 5. The van der Waals surface area contributed by atoms with E-state index >= 15 is 0 Å². The van der Waals surface area contributed by atoms with E-state index in [4.69, 9.17) is 34.4 Å². The Kier molecular flexibility index (Phi) is 7.24. The molecule has 2 aromatic carbocycles. The summed E-state index contributed by atoms with van der Waals surface area (Å²) in [7, 11) is 0. The predicted octanol–water partition coefficient (Wildman–Crippen LogP) is 3.40. The summed E-state index contributed by atoms with van der Waals surface area (Å²) in [5.41, 5.74) is 4.01. The number of halogens is 2. The Hall–Kier alpha value is -3.01. The van der Waals surface area contributed by atoms with E-state index in [1.807, 2.05) is 19.1 Å². The smallest absolute Gasteiger partial charge is 0.329 e. The number of hydrogen-bond acceptors (Lipinski definition) is 4. The van der Waals surface area contributed by atoms with Gasteiger partial charge in [0.2, 0.25) is 0 Å². The highest BCUT2D eigenvalue weighted by Crippen LogP contribution is 2.33. The quantitative estimate of drug-likeness (QED) is 0.347. The number of carbonyl (C=O) groups excluding carboxylic acids is 2. The van der Waals surface area contributed by atoms with E-state index < -0.39 is 11.8 Å². The van der Waals surface area contributed by atoms with Crippen molar-refractivity contribution < 1.29 is 14.3 Å². The van der Waals surface area contributed by atoms with Gasteiger partial charge in [-0.25, -0.2) is 5.43 Å². The fourth-order valence-corrected chi connectivity index (χ4v) is 2.63. The first-order chi connectivity index (χ1) is 12.9. The fourth-order valence-electron chi connectivity index (χ4n) is 2.01. The number of aryl methyl sites for hydroxylation is 1. The molecule has 2 amide bonds. The summed E-state index contributed by atoms with van der Waals surface area (Å²) in [6.07, 6.45) is 6.42. The van der Waals surface area contributed by atoms with Crippen LogP contribution in [-0.2, 0) is 9.59 Å². The normalized spacial score (nSPS) is 10.3. The monoisotopic (exact) mass is 403 g/mol. The lowest BCUT2D eigenvalue weighted by Gasteiger charge is -2.08. The van der Waals surface area contributed by atoms with E-state index in [9.17, 15) is 9.59 Å². The van der Waals surface area contributed by atoms with Gasteiger partial charge in [-0.3, -0.25) is 9.59 Å². The van der Waals surface area contributed by atoms with Gasteiger partial charge in [0.05, 0.1) is 16.3 Å². The summed E-state index contributed by atoms with van der Waals surface area (Å²) in [5, 5.41) is 6.71. The molecule has 6 nitrogen and oxygen atoms in total. The number of nitrogens with one attached hydrogen (secondary N) is 2. The highest BCUT2D eigenvalue weighted by atomic mass is 35.5. The zero-order valence-electron chi connectivity index (χ0n) is 14.3. The molecule has 0 heterocycles. The molecule has 0 aliphatic heterocycles.